The molecule has 28 heavy (non-hydrogen) atoms. The van der Waals surface area contributed by atoms with Gasteiger partial charge in [-0.2, -0.15) is 0 Å². The van der Waals surface area contributed by atoms with Crippen molar-refractivity contribution in [2.24, 2.45) is 0 Å². The normalized spacial score (nSPS) is 14.1. The van der Waals surface area contributed by atoms with Gasteiger partial charge >= 0.3 is 0 Å². The number of thioether (sulfide) groups is 1. The van der Waals surface area contributed by atoms with E-state index >= 15 is 0 Å². The summed E-state index contributed by atoms with van der Waals surface area (Å²) in [6.07, 6.45) is 0. The molecule has 2 aromatic carbocycles. The lowest BCUT2D eigenvalue weighted by molar-refractivity contribution is -0.384. The minimum Gasteiger partial charge on any atom is -0.396 e. The molecule has 7 nitrogen and oxygen atoms in total. The molecule has 0 spiro atoms. The highest BCUT2D eigenvalue weighted by atomic mass is 35.5. The number of aliphatic hydroxyl groups excluding tert-OH is 1. The second-order valence-electron chi connectivity index (χ2n) is 5.90. The van der Waals surface area contributed by atoms with Crippen LogP contribution in [-0.2, 0) is 16.1 Å². The number of amides is 2. The molecular formula is C19H15ClN2O5S. The van der Waals surface area contributed by atoms with Gasteiger partial charge in [0.1, 0.15) is 0 Å². The molecule has 1 N–H and O–H groups in total. The van der Waals surface area contributed by atoms with E-state index in [9.17, 15) is 19.7 Å². The van der Waals surface area contributed by atoms with E-state index in [1.807, 2.05) is 0 Å². The van der Waals surface area contributed by atoms with E-state index in [0.29, 0.717) is 10.6 Å². The number of nitrogens with zero attached hydrogens (tertiary/aromatic N) is 2. The molecule has 0 aliphatic carbocycles. The van der Waals surface area contributed by atoms with E-state index in [1.54, 1.807) is 24.3 Å². The largest absolute Gasteiger partial charge is 0.396 e. The average Bonchev–Trinajstić information content (AvgIpc) is 2.92. The van der Waals surface area contributed by atoms with Crippen LogP contribution in [0.15, 0.2) is 53.4 Å². The lowest BCUT2D eigenvalue weighted by Crippen LogP contribution is -2.30. The highest BCUT2D eigenvalue weighted by Gasteiger charge is 2.39. The maximum absolute atomic E-state index is 13.0. The number of nitro benzene ring substituents is 1. The van der Waals surface area contributed by atoms with Crippen molar-refractivity contribution in [3.63, 3.8) is 0 Å². The monoisotopic (exact) mass is 418 g/mol. The first kappa shape index (κ1) is 20.1. The van der Waals surface area contributed by atoms with Crippen LogP contribution in [0, 0.1) is 10.1 Å². The second kappa shape index (κ2) is 8.55. The summed E-state index contributed by atoms with van der Waals surface area (Å²) in [6, 6.07) is 12.3. The zero-order chi connectivity index (χ0) is 20.3. The first-order chi connectivity index (χ1) is 13.4. The number of carbonyl (C=O) groups excluding carboxylic acids is 2. The molecule has 0 bridgehead atoms. The Morgan fingerprint density at radius 3 is 2.25 bits per heavy atom. The molecule has 2 amide bonds. The Bertz CT molecular complexity index is 957. The van der Waals surface area contributed by atoms with Crippen LogP contribution >= 0.6 is 23.4 Å². The van der Waals surface area contributed by atoms with Crippen LogP contribution < -0.4 is 0 Å². The van der Waals surface area contributed by atoms with E-state index < -0.39 is 16.7 Å². The van der Waals surface area contributed by atoms with Gasteiger partial charge in [-0.1, -0.05) is 23.7 Å². The van der Waals surface area contributed by atoms with Crippen molar-refractivity contribution in [1.82, 2.24) is 4.90 Å². The van der Waals surface area contributed by atoms with E-state index in [4.69, 9.17) is 16.7 Å². The van der Waals surface area contributed by atoms with Crippen LogP contribution in [0.25, 0.3) is 5.57 Å². The summed E-state index contributed by atoms with van der Waals surface area (Å²) in [5, 5.41) is 20.5. The first-order valence-corrected chi connectivity index (χ1v) is 9.62. The fraction of sp³-hybridized carbons (Fsp3) is 0.158. The first-order valence-electron chi connectivity index (χ1n) is 8.25. The number of non-ortho nitro benzene ring substituents is 1. The third kappa shape index (κ3) is 4.09. The Labute approximate surface area is 169 Å². The number of hydrogen-bond donors (Lipinski definition) is 1. The number of imide groups is 1. The SMILES string of the molecule is O=C1C(SCCO)=C(c2ccc([N+](=O)[O-])cc2)C(=O)N1Cc1ccc(Cl)cc1. The number of benzene rings is 2. The van der Waals surface area contributed by atoms with Gasteiger partial charge in [-0.15, -0.1) is 11.8 Å². The van der Waals surface area contributed by atoms with Crippen LogP contribution in [-0.4, -0.2) is 39.1 Å². The van der Waals surface area contributed by atoms with Crippen molar-refractivity contribution in [2.45, 2.75) is 6.54 Å². The van der Waals surface area contributed by atoms with Crippen LogP contribution in [0.2, 0.25) is 5.02 Å². The zero-order valence-corrected chi connectivity index (χ0v) is 16.1. The van der Waals surface area contributed by atoms with Gasteiger partial charge in [0.05, 0.1) is 28.6 Å². The number of hydrogen-bond acceptors (Lipinski definition) is 6. The average molecular weight is 419 g/mol. The van der Waals surface area contributed by atoms with Gasteiger partial charge in [0, 0.05) is 22.9 Å². The molecule has 1 heterocycles. The van der Waals surface area contributed by atoms with Crippen LogP contribution in [0.1, 0.15) is 11.1 Å². The quantitative estimate of drug-likeness (QED) is 0.421. The number of halogens is 1. The second-order valence-corrected chi connectivity index (χ2v) is 7.44. The molecule has 0 aromatic heterocycles. The maximum atomic E-state index is 13.0. The molecule has 2 aromatic rings. The summed E-state index contributed by atoms with van der Waals surface area (Å²) in [4.78, 5) is 37.5. The Hall–Kier alpha value is -2.68. The predicted molar refractivity (Wildman–Crippen MR) is 107 cm³/mol. The lowest BCUT2D eigenvalue weighted by Gasteiger charge is -2.15. The number of rotatable bonds is 7. The van der Waals surface area contributed by atoms with Gasteiger partial charge in [-0.05, 0) is 35.4 Å². The lowest BCUT2D eigenvalue weighted by atomic mass is 10.1. The molecule has 1 aliphatic heterocycles. The molecule has 0 saturated carbocycles. The van der Waals surface area contributed by atoms with E-state index in [-0.39, 0.29) is 35.1 Å². The molecule has 1 aliphatic rings. The van der Waals surface area contributed by atoms with Crippen molar-refractivity contribution in [3.05, 3.63) is 79.7 Å². The van der Waals surface area contributed by atoms with Gasteiger partial charge in [-0.25, -0.2) is 0 Å². The molecule has 0 unspecified atom stereocenters. The zero-order valence-electron chi connectivity index (χ0n) is 14.5. The molecule has 3 rings (SSSR count). The van der Waals surface area contributed by atoms with Crippen LogP contribution in [0.3, 0.4) is 0 Å². The fourth-order valence-electron chi connectivity index (χ4n) is 2.76. The Morgan fingerprint density at radius 1 is 1.04 bits per heavy atom. The van der Waals surface area contributed by atoms with Crippen molar-refractivity contribution >= 4 is 46.4 Å². The highest BCUT2D eigenvalue weighted by Crippen LogP contribution is 2.37. The molecule has 0 saturated heterocycles. The smallest absolute Gasteiger partial charge is 0.269 e. The third-order valence-corrected chi connectivity index (χ3v) is 5.39. The summed E-state index contributed by atoms with van der Waals surface area (Å²) in [5.41, 5.74) is 1.24. The number of aliphatic hydroxyl groups is 1. The Kier molecular flexibility index (Phi) is 6.13. The standard InChI is InChI=1S/C19H15ClN2O5S/c20-14-5-1-12(2-6-14)11-21-18(24)16(17(19(21)25)28-10-9-23)13-3-7-15(8-4-13)22(26)27/h1-8,23H,9-11H2. The fourth-order valence-corrected chi connectivity index (χ4v) is 3.76. The molecule has 0 fully saturated rings. The van der Waals surface area contributed by atoms with E-state index in [0.717, 1.165) is 22.2 Å². The Balaban J connectivity index is 1.95. The Morgan fingerprint density at radius 2 is 1.68 bits per heavy atom. The molecule has 9 heteroatoms. The van der Waals surface area contributed by atoms with Gasteiger partial charge in [0.25, 0.3) is 17.5 Å². The van der Waals surface area contributed by atoms with Crippen LogP contribution in [0.4, 0.5) is 5.69 Å². The van der Waals surface area contributed by atoms with Crippen LogP contribution in [0.5, 0.6) is 0 Å². The summed E-state index contributed by atoms with van der Waals surface area (Å²) in [6.45, 7) is -0.0745. The molecule has 0 radical (unpaired) electrons. The van der Waals surface area contributed by atoms with Gasteiger partial charge < -0.3 is 5.11 Å². The van der Waals surface area contributed by atoms with Crippen molar-refractivity contribution in [1.29, 1.82) is 0 Å². The number of carbonyl (C=O) groups is 2. The van der Waals surface area contributed by atoms with Crippen molar-refractivity contribution in [3.8, 4) is 0 Å². The maximum Gasteiger partial charge on any atom is 0.269 e. The van der Waals surface area contributed by atoms with Gasteiger partial charge in [0.15, 0.2) is 0 Å². The van der Waals surface area contributed by atoms with E-state index in [2.05, 4.69) is 0 Å². The summed E-state index contributed by atoms with van der Waals surface area (Å²) >= 11 is 6.96. The summed E-state index contributed by atoms with van der Waals surface area (Å²) < 4.78 is 0. The minimum atomic E-state index is -0.534. The van der Waals surface area contributed by atoms with Gasteiger partial charge in [0.2, 0.25) is 0 Å². The predicted octanol–water partition coefficient (Wildman–Crippen LogP) is 3.25. The molecular weight excluding hydrogens is 404 g/mol. The molecule has 0 atom stereocenters. The highest BCUT2D eigenvalue weighted by molar-refractivity contribution is 8.04. The van der Waals surface area contributed by atoms with E-state index in [1.165, 1.54) is 24.3 Å². The van der Waals surface area contributed by atoms with Gasteiger partial charge in [-0.3, -0.25) is 24.6 Å². The topological polar surface area (TPSA) is 101 Å². The number of nitro groups is 1. The molecule has 144 valence electrons. The minimum absolute atomic E-state index is 0.0779. The third-order valence-electron chi connectivity index (χ3n) is 4.08. The summed E-state index contributed by atoms with van der Waals surface area (Å²) in [5.74, 6) is -0.680. The van der Waals surface area contributed by atoms with Crippen molar-refractivity contribution in [2.75, 3.05) is 12.4 Å². The summed E-state index contributed by atoms with van der Waals surface area (Å²) in [7, 11) is 0. The van der Waals surface area contributed by atoms with Crippen molar-refractivity contribution < 1.29 is 19.6 Å².